The van der Waals surface area contributed by atoms with Crippen molar-refractivity contribution in [2.75, 3.05) is 20.3 Å². The molecule has 5 N–H and O–H groups in total. The van der Waals surface area contributed by atoms with Crippen LogP contribution in [0.4, 0.5) is 0 Å². The first-order chi connectivity index (χ1) is 22.2. The van der Waals surface area contributed by atoms with E-state index in [1.807, 2.05) is 13.0 Å². The Labute approximate surface area is 281 Å². The van der Waals surface area contributed by atoms with E-state index < -0.39 is 120 Å². The highest BCUT2D eigenvalue weighted by Gasteiger charge is 2.63. The van der Waals surface area contributed by atoms with Gasteiger partial charge in [0.25, 0.3) is 0 Å². The van der Waals surface area contributed by atoms with Gasteiger partial charge < -0.3 is 44.5 Å². The average Bonchev–Trinajstić information content (AvgIpc) is 3.74. The number of hydrogen-bond donors (Lipinski definition) is 5. The number of aliphatic hydroxyl groups excluding tert-OH is 4. The maximum atomic E-state index is 14.0. The SMILES string of the molecule is C/C=C\[C@H](C)[C@H]1O[C@]1(C)[C@@H](O)[C@H]1COC(=O)[C@H](O)[C@@H](OC)[C@H](C)C(=O)[C@H](C)[C@@H](OC(C)=O)/C(C)=C\[C@H](C)C(=O)C[C@H](O)[C@](O)(CO)C1=O. The molecule has 48 heavy (non-hydrogen) atoms. The number of carbonyl (C=O) groups excluding carboxylic acids is 5. The van der Waals surface area contributed by atoms with E-state index in [-0.39, 0.29) is 5.92 Å². The van der Waals surface area contributed by atoms with Gasteiger partial charge in [0.1, 0.15) is 36.0 Å². The summed E-state index contributed by atoms with van der Waals surface area (Å²) in [5, 5.41) is 55.1. The summed E-state index contributed by atoms with van der Waals surface area (Å²) in [4.78, 5) is 66.0. The van der Waals surface area contributed by atoms with Crippen LogP contribution in [0.15, 0.2) is 23.8 Å². The number of ketones is 3. The van der Waals surface area contributed by atoms with Crippen LogP contribution in [0.2, 0.25) is 0 Å². The Bertz CT molecular complexity index is 1260. The van der Waals surface area contributed by atoms with E-state index in [0.717, 1.165) is 14.0 Å². The molecule has 14 heteroatoms. The van der Waals surface area contributed by atoms with Crippen LogP contribution in [0.3, 0.4) is 0 Å². The quantitative estimate of drug-likeness (QED) is 0.138. The van der Waals surface area contributed by atoms with Crippen LogP contribution in [-0.2, 0) is 42.9 Å². The third-order valence-corrected chi connectivity index (χ3v) is 9.62. The maximum absolute atomic E-state index is 14.0. The third kappa shape index (κ3) is 8.84. The van der Waals surface area contributed by atoms with Crippen molar-refractivity contribution in [3.8, 4) is 0 Å². The number of esters is 2. The minimum atomic E-state index is -3.00. The first-order valence-corrected chi connectivity index (χ1v) is 16.1. The molecule has 2 heterocycles. The first-order valence-electron chi connectivity index (χ1n) is 16.1. The molecule has 0 aromatic heterocycles. The smallest absolute Gasteiger partial charge is 0.337 e. The molecule has 0 aliphatic carbocycles. The van der Waals surface area contributed by atoms with Gasteiger partial charge in [-0.2, -0.15) is 0 Å². The molecule has 13 atom stereocenters. The number of Topliss-reactive ketones (excluding diaryl/α,β-unsaturated/α-hetero) is 3. The Hall–Kier alpha value is -2.85. The number of allylic oxidation sites excluding steroid dienone is 2. The molecule has 1 saturated heterocycles. The third-order valence-electron chi connectivity index (χ3n) is 9.62. The van der Waals surface area contributed by atoms with Gasteiger partial charge in [0.15, 0.2) is 17.5 Å². The second kappa shape index (κ2) is 16.7. The Morgan fingerprint density at radius 1 is 1.15 bits per heavy atom. The number of epoxide rings is 1. The van der Waals surface area contributed by atoms with E-state index in [4.69, 9.17) is 18.9 Å². The second-order valence-corrected chi connectivity index (χ2v) is 13.3. The number of hydrogen-bond acceptors (Lipinski definition) is 14. The van der Waals surface area contributed by atoms with Crippen LogP contribution in [0.25, 0.3) is 0 Å². The molecular weight excluding hydrogens is 632 g/mol. The maximum Gasteiger partial charge on any atom is 0.337 e. The van der Waals surface area contributed by atoms with E-state index >= 15 is 0 Å². The molecule has 0 unspecified atom stereocenters. The summed E-state index contributed by atoms with van der Waals surface area (Å²) in [5.74, 6) is -9.88. The molecule has 0 aromatic carbocycles. The average molecular weight is 685 g/mol. The molecule has 14 nitrogen and oxygen atoms in total. The van der Waals surface area contributed by atoms with E-state index in [2.05, 4.69) is 0 Å². The van der Waals surface area contributed by atoms with Crippen LogP contribution in [0, 0.1) is 29.6 Å². The van der Waals surface area contributed by atoms with Gasteiger partial charge >= 0.3 is 11.9 Å². The summed E-state index contributed by atoms with van der Waals surface area (Å²) < 4.78 is 21.8. The van der Waals surface area contributed by atoms with Crippen LogP contribution >= 0.6 is 0 Å². The van der Waals surface area contributed by atoms with E-state index in [9.17, 15) is 49.5 Å². The Kier molecular flexibility index (Phi) is 14.4. The molecule has 1 fully saturated rings. The molecule has 0 saturated carbocycles. The van der Waals surface area contributed by atoms with Crippen molar-refractivity contribution in [2.45, 2.75) is 110 Å². The van der Waals surface area contributed by atoms with Crippen molar-refractivity contribution in [2.24, 2.45) is 29.6 Å². The zero-order valence-corrected chi connectivity index (χ0v) is 29.1. The van der Waals surface area contributed by atoms with E-state index in [1.54, 1.807) is 13.0 Å². The normalized spacial score (nSPS) is 40.3. The lowest BCUT2D eigenvalue weighted by Crippen LogP contribution is -2.59. The van der Waals surface area contributed by atoms with Gasteiger partial charge in [-0.15, -0.1) is 0 Å². The van der Waals surface area contributed by atoms with Gasteiger partial charge in [-0.1, -0.05) is 45.9 Å². The first kappa shape index (κ1) is 41.3. The Morgan fingerprint density at radius 3 is 2.27 bits per heavy atom. The molecular formula is C34H52O14. The minimum Gasteiger partial charge on any atom is -0.463 e. The van der Waals surface area contributed by atoms with Crippen molar-refractivity contribution < 1.29 is 68.5 Å². The van der Waals surface area contributed by atoms with Crippen molar-refractivity contribution in [3.05, 3.63) is 23.8 Å². The highest BCUT2D eigenvalue weighted by Crippen LogP contribution is 2.47. The molecule has 2 rings (SSSR count). The Balaban J connectivity index is 2.67. The van der Waals surface area contributed by atoms with Gasteiger partial charge in [-0.3, -0.25) is 19.2 Å². The zero-order valence-electron chi connectivity index (χ0n) is 29.1. The molecule has 0 amide bonds. The molecule has 2 aliphatic rings. The number of ether oxygens (including phenoxy) is 4. The molecule has 0 spiro atoms. The van der Waals surface area contributed by atoms with Crippen molar-refractivity contribution in [1.29, 1.82) is 0 Å². The topological polar surface area (TPSA) is 227 Å². The highest BCUT2D eigenvalue weighted by atomic mass is 16.6. The number of carbonyl (C=O) groups is 5. The fourth-order valence-corrected chi connectivity index (χ4v) is 6.51. The summed E-state index contributed by atoms with van der Waals surface area (Å²) in [6.07, 6.45) is -5.10. The Morgan fingerprint density at radius 2 is 1.75 bits per heavy atom. The summed E-state index contributed by atoms with van der Waals surface area (Å²) in [7, 11) is 1.15. The van der Waals surface area contributed by atoms with Crippen molar-refractivity contribution in [1.82, 2.24) is 0 Å². The number of cyclic esters (lactones) is 1. The summed E-state index contributed by atoms with van der Waals surface area (Å²) in [5.41, 5.74) is -4.10. The van der Waals surface area contributed by atoms with Gasteiger partial charge in [-0.05, 0) is 26.3 Å². The van der Waals surface area contributed by atoms with Crippen LogP contribution in [-0.4, -0.2) is 123 Å². The lowest BCUT2D eigenvalue weighted by Gasteiger charge is -2.36. The summed E-state index contributed by atoms with van der Waals surface area (Å²) in [6.45, 7) is 9.76. The van der Waals surface area contributed by atoms with Crippen LogP contribution < -0.4 is 0 Å². The molecule has 0 aromatic rings. The van der Waals surface area contributed by atoms with E-state index in [0.29, 0.717) is 5.57 Å². The standard InChI is InChI=1S/C34H52O14/c1-10-11-16(2)31-33(8,48-31)29(41)22-14-46-32(43)26(40)28(45-9)20(6)25(39)19(5)27(47-21(7)36)18(4)12-17(3)23(37)13-24(38)34(44,15-35)30(22)42/h10-12,16-17,19-20,22,24,26-29,31,35,38,40-41,44H,13-15H2,1-9H3/b11-10-,18-12-/t16-,17-,19-,20+,22+,24-,26+,27-,28-,29-,31+,33+,34+/m0/s1. The van der Waals surface area contributed by atoms with Crippen molar-refractivity contribution >= 4 is 29.3 Å². The van der Waals surface area contributed by atoms with Gasteiger partial charge in [0.05, 0.1) is 36.8 Å². The summed E-state index contributed by atoms with van der Waals surface area (Å²) >= 11 is 0. The second-order valence-electron chi connectivity index (χ2n) is 13.3. The zero-order chi connectivity index (χ0) is 36.9. The molecule has 0 radical (unpaired) electrons. The fourth-order valence-electron chi connectivity index (χ4n) is 6.51. The van der Waals surface area contributed by atoms with Crippen molar-refractivity contribution in [3.63, 3.8) is 0 Å². The fraction of sp³-hybridized carbons (Fsp3) is 0.735. The molecule has 272 valence electrons. The number of rotatable bonds is 7. The highest BCUT2D eigenvalue weighted by molar-refractivity contribution is 5.93. The van der Waals surface area contributed by atoms with Gasteiger partial charge in [0.2, 0.25) is 0 Å². The van der Waals surface area contributed by atoms with Crippen LogP contribution in [0.1, 0.15) is 61.8 Å². The molecule has 0 bridgehead atoms. The minimum absolute atomic E-state index is 0.226. The van der Waals surface area contributed by atoms with Crippen LogP contribution in [0.5, 0.6) is 0 Å². The lowest BCUT2D eigenvalue weighted by atomic mass is 9.76. The predicted molar refractivity (Wildman–Crippen MR) is 169 cm³/mol. The van der Waals surface area contributed by atoms with E-state index in [1.165, 1.54) is 40.7 Å². The van der Waals surface area contributed by atoms with Gasteiger partial charge in [0, 0.05) is 38.2 Å². The molecule has 2 aliphatic heterocycles. The van der Waals surface area contributed by atoms with Gasteiger partial charge in [-0.25, -0.2) is 4.79 Å². The monoisotopic (exact) mass is 684 g/mol. The summed E-state index contributed by atoms with van der Waals surface area (Å²) in [6, 6.07) is 0. The predicted octanol–water partition coefficient (Wildman–Crippen LogP) is 0.234. The lowest BCUT2D eigenvalue weighted by molar-refractivity contribution is -0.177. The largest absolute Gasteiger partial charge is 0.463 e. The number of methoxy groups -OCH3 is 1. The number of aliphatic hydroxyl groups is 5.